The molecular formula is C16H17Br2N2O5-. The zero-order chi connectivity index (χ0) is 18.4. The topological polar surface area (TPSA) is 108 Å². The zero-order valence-electron chi connectivity index (χ0n) is 13.2. The summed E-state index contributed by atoms with van der Waals surface area (Å²) in [6.45, 7) is -0.297. The average molecular weight is 477 g/mol. The molecule has 7 nitrogen and oxygen atoms in total. The number of ether oxygens (including phenoxy) is 1. The van der Waals surface area contributed by atoms with E-state index in [1.165, 1.54) is 0 Å². The number of amides is 2. The third kappa shape index (κ3) is 5.71. The Hall–Kier alpha value is -1.61. The maximum absolute atomic E-state index is 12.1. The van der Waals surface area contributed by atoms with Gasteiger partial charge in [-0.25, -0.2) is 0 Å². The van der Waals surface area contributed by atoms with Gasteiger partial charge in [0.25, 0.3) is 5.91 Å². The Bertz CT molecular complexity index is 668. The van der Waals surface area contributed by atoms with Crippen molar-refractivity contribution < 1.29 is 24.2 Å². The zero-order valence-corrected chi connectivity index (χ0v) is 16.4. The smallest absolute Gasteiger partial charge is 0.276 e. The SMILES string of the molecule is O=C(COc1ccc(Br)cc1Br)NNC(=O)[C@H]1CCCC[C@@H]1C(=O)[O-]. The largest absolute Gasteiger partial charge is 0.550 e. The standard InChI is InChI=1S/C16H18Br2N2O5/c17-9-5-6-13(12(18)7-9)25-8-14(21)19-20-15(22)10-3-1-2-4-11(10)16(23)24/h5-7,10-11H,1-4,8H2,(H,19,21)(H,20,22)(H,23,24)/p-1/t10-,11-/m0/s1. The van der Waals surface area contributed by atoms with Crippen molar-refractivity contribution in [2.75, 3.05) is 6.61 Å². The minimum Gasteiger partial charge on any atom is -0.550 e. The lowest BCUT2D eigenvalue weighted by molar-refractivity contribution is -0.314. The van der Waals surface area contributed by atoms with E-state index in [9.17, 15) is 19.5 Å². The number of hydrogen-bond donors (Lipinski definition) is 2. The highest BCUT2D eigenvalue weighted by atomic mass is 79.9. The summed E-state index contributed by atoms with van der Waals surface area (Å²) < 4.78 is 6.89. The molecule has 0 saturated heterocycles. The fraction of sp³-hybridized carbons (Fsp3) is 0.438. The van der Waals surface area contributed by atoms with Gasteiger partial charge in [0.05, 0.1) is 4.47 Å². The number of carboxylic acid groups (broad SMARTS) is 1. The number of hydrazine groups is 1. The van der Waals surface area contributed by atoms with Gasteiger partial charge < -0.3 is 14.6 Å². The molecule has 1 fully saturated rings. The summed E-state index contributed by atoms with van der Waals surface area (Å²) in [5.74, 6) is -3.33. The number of carboxylic acids is 1. The lowest BCUT2D eigenvalue weighted by Gasteiger charge is -2.31. The van der Waals surface area contributed by atoms with Crippen molar-refractivity contribution in [3.8, 4) is 5.75 Å². The van der Waals surface area contributed by atoms with E-state index in [1.807, 2.05) is 0 Å². The molecule has 2 atom stereocenters. The minimum absolute atomic E-state index is 0.297. The quantitative estimate of drug-likeness (QED) is 0.622. The monoisotopic (exact) mass is 475 g/mol. The third-order valence-corrected chi connectivity index (χ3v) is 5.10. The summed E-state index contributed by atoms with van der Waals surface area (Å²) in [5, 5.41) is 11.1. The third-order valence-electron chi connectivity index (χ3n) is 3.98. The van der Waals surface area contributed by atoms with Crippen LogP contribution < -0.4 is 20.7 Å². The van der Waals surface area contributed by atoms with E-state index in [0.29, 0.717) is 23.1 Å². The van der Waals surface area contributed by atoms with Crippen LogP contribution in [-0.2, 0) is 14.4 Å². The second-order valence-corrected chi connectivity index (χ2v) is 7.49. The van der Waals surface area contributed by atoms with Crippen LogP contribution in [0.1, 0.15) is 25.7 Å². The molecule has 2 N–H and O–H groups in total. The number of aliphatic carboxylic acids is 1. The van der Waals surface area contributed by atoms with Gasteiger partial charge in [0, 0.05) is 22.3 Å². The van der Waals surface area contributed by atoms with Gasteiger partial charge in [-0.15, -0.1) is 0 Å². The van der Waals surface area contributed by atoms with E-state index in [4.69, 9.17) is 4.74 Å². The highest BCUT2D eigenvalue weighted by Gasteiger charge is 2.31. The second kappa shape index (κ2) is 9.19. The first-order chi connectivity index (χ1) is 11.9. The molecule has 9 heteroatoms. The van der Waals surface area contributed by atoms with Crippen LogP contribution in [0.2, 0.25) is 0 Å². The summed E-state index contributed by atoms with van der Waals surface area (Å²) in [6.07, 6.45) is 2.40. The van der Waals surface area contributed by atoms with Crippen LogP contribution in [0, 0.1) is 11.8 Å². The minimum atomic E-state index is -1.23. The van der Waals surface area contributed by atoms with Crippen molar-refractivity contribution in [3.63, 3.8) is 0 Å². The van der Waals surface area contributed by atoms with Crippen LogP contribution in [0.15, 0.2) is 27.1 Å². The van der Waals surface area contributed by atoms with Crippen LogP contribution in [0.25, 0.3) is 0 Å². The molecule has 0 radical (unpaired) electrons. The molecule has 1 saturated carbocycles. The van der Waals surface area contributed by atoms with Crippen LogP contribution in [0.3, 0.4) is 0 Å². The summed E-state index contributed by atoms with van der Waals surface area (Å²) >= 11 is 6.62. The number of hydrogen-bond acceptors (Lipinski definition) is 5. The maximum atomic E-state index is 12.1. The van der Waals surface area contributed by atoms with Gasteiger partial charge in [-0.3, -0.25) is 20.4 Å². The maximum Gasteiger partial charge on any atom is 0.276 e. The number of benzene rings is 1. The van der Waals surface area contributed by atoms with Crippen molar-refractivity contribution in [1.82, 2.24) is 10.9 Å². The van der Waals surface area contributed by atoms with Gasteiger partial charge >= 0.3 is 0 Å². The molecule has 2 amide bonds. The van der Waals surface area contributed by atoms with Gasteiger partial charge in [0.2, 0.25) is 5.91 Å². The van der Waals surface area contributed by atoms with E-state index < -0.39 is 29.6 Å². The number of rotatable bonds is 5. The van der Waals surface area contributed by atoms with Crippen LogP contribution >= 0.6 is 31.9 Å². The predicted octanol–water partition coefficient (Wildman–Crippen LogP) is 1.29. The molecule has 0 aliphatic heterocycles. The fourth-order valence-corrected chi connectivity index (χ4v) is 3.88. The lowest BCUT2D eigenvalue weighted by atomic mass is 9.79. The molecule has 1 aromatic carbocycles. The molecule has 0 spiro atoms. The van der Waals surface area contributed by atoms with Crippen molar-refractivity contribution in [2.24, 2.45) is 11.8 Å². The van der Waals surface area contributed by atoms with Crippen molar-refractivity contribution >= 4 is 49.6 Å². The molecule has 1 aliphatic rings. The van der Waals surface area contributed by atoms with Crippen LogP contribution in [0.4, 0.5) is 0 Å². The van der Waals surface area contributed by atoms with E-state index in [-0.39, 0.29) is 6.61 Å². The lowest BCUT2D eigenvalue weighted by Crippen LogP contribution is -2.50. The first-order valence-corrected chi connectivity index (χ1v) is 9.34. The summed E-state index contributed by atoms with van der Waals surface area (Å²) in [7, 11) is 0. The summed E-state index contributed by atoms with van der Waals surface area (Å²) in [4.78, 5) is 35.0. The highest BCUT2D eigenvalue weighted by Crippen LogP contribution is 2.30. The normalized spacial score (nSPS) is 19.8. The molecule has 0 heterocycles. The van der Waals surface area contributed by atoms with Gasteiger partial charge in [-0.1, -0.05) is 28.8 Å². The molecule has 0 unspecified atom stereocenters. The van der Waals surface area contributed by atoms with E-state index in [2.05, 4.69) is 42.7 Å². The van der Waals surface area contributed by atoms with Crippen molar-refractivity contribution in [1.29, 1.82) is 0 Å². The molecule has 25 heavy (non-hydrogen) atoms. The van der Waals surface area contributed by atoms with Crippen LogP contribution in [0.5, 0.6) is 5.75 Å². The molecule has 2 rings (SSSR count). The molecule has 0 aromatic heterocycles. The Kier molecular flexibility index (Phi) is 7.24. The second-order valence-electron chi connectivity index (χ2n) is 5.72. The summed E-state index contributed by atoms with van der Waals surface area (Å²) in [6, 6.07) is 5.23. The van der Waals surface area contributed by atoms with E-state index in [0.717, 1.165) is 17.3 Å². The Balaban J connectivity index is 1.80. The number of halogens is 2. The predicted molar refractivity (Wildman–Crippen MR) is 94.1 cm³/mol. The molecule has 136 valence electrons. The van der Waals surface area contributed by atoms with E-state index >= 15 is 0 Å². The van der Waals surface area contributed by atoms with Gasteiger partial charge in [-0.05, 0) is 47.0 Å². The Morgan fingerprint density at radius 3 is 2.44 bits per heavy atom. The molecular weight excluding hydrogens is 460 g/mol. The average Bonchev–Trinajstić information content (AvgIpc) is 2.58. The van der Waals surface area contributed by atoms with E-state index in [1.54, 1.807) is 18.2 Å². The fourth-order valence-electron chi connectivity index (χ4n) is 2.72. The number of carbonyl (C=O) groups is 3. The number of nitrogens with one attached hydrogen (secondary N) is 2. The van der Waals surface area contributed by atoms with Gasteiger partial charge in [0.15, 0.2) is 6.61 Å². The molecule has 0 bridgehead atoms. The van der Waals surface area contributed by atoms with Crippen molar-refractivity contribution in [3.05, 3.63) is 27.1 Å². The Morgan fingerprint density at radius 1 is 1.12 bits per heavy atom. The summed E-state index contributed by atoms with van der Waals surface area (Å²) in [5.41, 5.74) is 4.51. The van der Waals surface area contributed by atoms with Crippen LogP contribution in [-0.4, -0.2) is 24.4 Å². The molecule has 1 aliphatic carbocycles. The highest BCUT2D eigenvalue weighted by molar-refractivity contribution is 9.11. The van der Waals surface area contributed by atoms with Crippen molar-refractivity contribution in [2.45, 2.75) is 25.7 Å². The van der Waals surface area contributed by atoms with Gasteiger partial charge in [0.1, 0.15) is 5.75 Å². The first-order valence-electron chi connectivity index (χ1n) is 7.76. The number of carbonyl (C=O) groups excluding carboxylic acids is 3. The molecule has 1 aromatic rings. The Labute approximate surface area is 161 Å². The van der Waals surface area contributed by atoms with Gasteiger partial charge in [-0.2, -0.15) is 0 Å². The Morgan fingerprint density at radius 2 is 1.80 bits per heavy atom. The first kappa shape index (κ1) is 19.7.